The average molecular weight is 150 g/mol. The van der Waals surface area contributed by atoms with Gasteiger partial charge in [-0.15, -0.1) is 0 Å². The van der Waals surface area contributed by atoms with Gasteiger partial charge in [0.05, 0.1) is 0 Å². The monoisotopic (exact) mass is 150 g/mol. The molecule has 0 heterocycles. The van der Waals surface area contributed by atoms with Crippen LogP contribution in [0, 0.1) is 6.92 Å². The molecule has 0 aromatic heterocycles. The highest BCUT2D eigenvalue weighted by atomic mass is 28.2. The minimum atomic E-state index is 0.194. The number of hydrogen-bond donors (Lipinski definition) is 0. The van der Waals surface area contributed by atoms with Crippen LogP contribution in [0.25, 0.3) is 0 Å². The van der Waals surface area contributed by atoms with E-state index in [1.54, 1.807) is 5.56 Å². The van der Waals surface area contributed by atoms with Crippen molar-refractivity contribution in [3.63, 3.8) is 0 Å². The van der Waals surface area contributed by atoms with Gasteiger partial charge >= 0.3 is 0 Å². The van der Waals surface area contributed by atoms with Crippen molar-refractivity contribution in [2.45, 2.75) is 19.5 Å². The molecule has 0 radical (unpaired) electrons. The normalized spacial score (nSPS) is 11.0. The van der Waals surface area contributed by atoms with Crippen LogP contribution in [0.15, 0.2) is 24.3 Å². The first-order valence-corrected chi connectivity index (χ1v) is 6.30. The second kappa shape index (κ2) is 3.57. The van der Waals surface area contributed by atoms with E-state index in [9.17, 15) is 0 Å². The lowest BCUT2D eigenvalue weighted by Crippen LogP contribution is -1.93. The van der Waals surface area contributed by atoms with Gasteiger partial charge in [-0.2, -0.15) is 0 Å². The minimum Gasteiger partial charge on any atom is -0.0746 e. The molecule has 1 aromatic carbocycles. The Bertz CT molecular complexity index is 206. The summed E-state index contributed by atoms with van der Waals surface area (Å²) in [6.45, 7) is 4.55. The van der Waals surface area contributed by atoms with E-state index < -0.39 is 0 Å². The van der Waals surface area contributed by atoms with E-state index in [0.29, 0.717) is 0 Å². The number of aryl methyl sites for hydroxylation is 1. The first kappa shape index (κ1) is 7.54. The Balaban J connectivity index is 2.81. The number of benzene rings is 1. The largest absolute Gasteiger partial charge is 0.0746 e. The molecule has 1 aromatic rings. The fraction of sp³-hybridized carbons (Fsp3) is 0.333. The van der Waals surface area contributed by atoms with Gasteiger partial charge < -0.3 is 0 Å². The van der Waals surface area contributed by atoms with E-state index in [2.05, 4.69) is 37.7 Å². The molecule has 1 rings (SSSR count). The molecule has 0 bridgehead atoms. The molecule has 54 valence electrons. The molecule has 0 aliphatic rings. The summed E-state index contributed by atoms with van der Waals surface area (Å²) >= 11 is 0. The summed E-state index contributed by atoms with van der Waals surface area (Å²) in [7, 11) is 0.194. The van der Waals surface area contributed by atoms with E-state index in [0.717, 1.165) is 0 Å². The highest BCUT2D eigenvalue weighted by molar-refractivity contribution is 6.32. The van der Waals surface area contributed by atoms with Crippen LogP contribution in [-0.2, 0) is 6.04 Å². The maximum atomic E-state index is 2.35. The Morgan fingerprint density at radius 2 is 2.00 bits per heavy atom. The molecule has 0 amide bonds. The molecular weight excluding hydrogens is 136 g/mol. The third-order valence-corrected chi connectivity index (χ3v) is 2.82. The van der Waals surface area contributed by atoms with Crippen LogP contribution < -0.4 is 0 Å². The van der Waals surface area contributed by atoms with Gasteiger partial charge in [-0.1, -0.05) is 30.8 Å². The zero-order chi connectivity index (χ0) is 7.40. The van der Waals surface area contributed by atoms with E-state index in [1.165, 1.54) is 11.6 Å². The number of hydrogen-bond acceptors (Lipinski definition) is 0. The van der Waals surface area contributed by atoms with Gasteiger partial charge in [-0.05, 0) is 24.1 Å². The second-order valence-electron chi connectivity index (χ2n) is 2.68. The molecule has 1 heteroatoms. The van der Waals surface area contributed by atoms with Crippen molar-refractivity contribution in [2.75, 3.05) is 0 Å². The van der Waals surface area contributed by atoms with Crippen LogP contribution in [-0.4, -0.2) is 9.52 Å². The Morgan fingerprint density at radius 1 is 1.30 bits per heavy atom. The Labute approximate surface area is 65.1 Å². The maximum absolute atomic E-state index is 2.35. The predicted molar refractivity (Wildman–Crippen MR) is 49.3 cm³/mol. The topological polar surface area (TPSA) is 0 Å². The van der Waals surface area contributed by atoms with E-state index in [1.807, 2.05) is 0 Å². The highest BCUT2D eigenvalue weighted by Gasteiger charge is 1.92. The summed E-state index contributed by atoms with van der Waals surface area (Å²) in [6, 6.07) is 10.0. The van der Waals surface area contributed by atoms with Crippen molar-refractivity contribution in [3.8, 4) is 0 Å². The van der Waals surface area contributed by atoms with Crippen LogP contribution in [0.2, 0.25) is 6.55 Å². The second-order valence-corrected chi connectivity index (χ2v) is 4.18. The summed E-state index contributed by atoms with van der Waals surface area (Å²) in [5.74, 6) is 0. The average Bonchev–Trinajstić information content (AvgIpc) is 1.94. The summed E-state index contributed by atoms with van der Waals surface area (Å²) in [4.78, 5) is 0. The van der Waals surface area contributed by atoms with Crippen molar-refractivity contribution in [1.82, 2.24) is 0 Å². The van der Waals surface area contributed by atoms with Crippen LogP contribution in [0.5, 0.6) is 0 Å². The van der Waals surface area contributed by atoms with E-state index in [4.69, 9.17) is 0 Å². The molecule has 10 heavy (non-hydrogen) atoms. The molecule has 0 spiro atoms. The van der Waals surface area contributed by atoms with Crippen molar-refractivity contribution in [2.24, 2.45) is 0 Å². The van der Waals surface area contributed by atoms with Crippen LogP contribution >= 0.6 is 0 Å². The predicted octanol–water partition coefficient (Wildman–Crippen LogP) is 1.71. The first-order chi connectivity index (χ1) is 4.84. The summed E-state index contributed by atoms with van der Waals surface area (Å²) < 4.78 is 0. The molecule has 0 atom stereocenters. The van der Waals surface area contributed by atoms with Crippen LogP contribution in [0.3, 0.4) is 0 Å². The SMILES string of the molecule is C[SiH2]Cc1ccccc1C. The Morgan fingerprint density at radius 3 is 2.60 bits per heavy atom. The lowest BCUT2D eigenvalue weighted by Gasteiger charge is -2.00. The van der Waals surface area contributed by atoms with Gasteiger partial charge in [-0.25, -0.2) is 0 Å². The molecule has 0 aliphatic heterocycles. The van der Waals surface area contributed by atoms with Gasteiger partial charge in [0.2, 0.25) is 0 Å². The lowest BCUT2D eigenvalue weighted by atomic mass is 10.1. The number of rotatable bonds is 2. The standard InChI is InChI=1S/C9H14Si/c1-8-5-3-4-6-9(8)7-10-2/h3-6H,7,10H2,1-2H3. The van der Waals surface area contributed by atoms with Gasteiger partial charge in [0.1, 0.15) is 0 Å². The van der Waals surface area contributed by atoms with Crippen molar-refractivity contribution in [3.05, 3.63) is 35.4 Å². The lowest BCUT2D eigenvalue weighted by molar-refractivity contribution is 1.29. The zero-order valence-electron chi connectivity index (χ0n) is 6.72. The molecule has 0 aliphatic carbocycles. The summed E-state index contributed by atoms with van der Waals surface area (Å²) in [6.07, 6.45) is 0. The van der Waals surface area contributed by atoms with Gasteiger partial charge in [0.15, 0.2) is 0 Å². The van der Waals surface area contributed by atoms with Crippen molar-refractivity contribution in [1.29, 1.82) is 0 Å². The van der Waals surface area contributed by atoms with Crippen LogP contribution in [0.1, 0.15) is 11.1 Å². The van der Waals surface area contributed by atoms with E-state index in [-0.39, 0.29) is 9.52 Å². The van der Waals surface area contributed by atoms with Gasteiger partial charge in [0, 0.05) is 9.52 Å². The molecule has 0 saturated heterocycles. The molecule has 0 fully saturated rings. The molecule has 0 nitrogen and oxygen atoms in total. The first-order valence-electron chi connectivity index (χ1n) is 3.89. The van der Waals surface area contributed by atoms with Gasteiger partial charge in [0.25, 0.3) is 0 Å². The van der Waals surface area contributed by atoms with Crippen LogP contribution in [0.4, 0.5) is 0 Å². The third kappa shape index (κ3) is 1.71. The van der Waals surface area contributed by atoms with Crippen molar-refractivity contribution < 1.29 is 0 Å². The molecule has 0 saturated carbocycles. The molecule has 0 N–H and O–H groups in total. The van der Waals surface area contributed by atoms with E-state index >= 15 is 0 Å². The fourth-order valence-electron chi connectivity index (χ4n) is 1.16. The van der Waals surface area contributed by atoms with Crippen molar-refractivity contribution >= 4 is 9.52 Å². The Hall–Kier alpha value is -0.563. The Kier molecular flexibility index (Phi) is 2.69. The molecular formula is C9H14Si. The zero-order valence-corrected chi connectivity index (χ0v) is 8.14. The summed E-state index contributed by atoms with van der Waals surface area (Å²) in [5, 5.41) is 0. The fourth-order valence-corrected chi connectivity index (χ4v) is 2.26. The minimum absolute atomic E-state index is 0.194. The van der Waals surface area contributed by atoms with Gasteiger partial charge in [-0.3, -0.25) is 0 Å². The third-order valence-electron chi connectivity index (χ3n) is 1.78. The highest BCUT2D eigenvalue weighted by Crippen LogP contribution is 2.06. The molecule has 0 unspecified atom stereocenters. The maximum Gasteiger partial charge on any atom is 0.0217 e. The summed E-state index contributed by atoms with van der Waals surface area (Å²) in [5.41, 5.74) is 3.01. The smallest absolute Gasteiger partial charge is 0.0217 e. The quantitative estimate of drug-likeness (QED) is 0.563.